The standard InChI is InChI=1S/C18H31N3O6/c1-3-7-13(22)8-5-4-6-9-15(23)20-12(2)18(27)21-14(17(19)26)10-11-16(24)25/h12,14H,3-11H2,1-2H3,(H2,19,26)(H,20,23)(H,21,27)(H,24,25)/t12-,14+/m0/s1. The monoisotopic (exact) mass is 385 g/mol. The number of hydrogen-bond donors (Lipinski definition) is 4. The van der Waals surface area contributed by atoms with Gasteiger partial charge < -0.3 is 21.5 Å². The van der Waals surface area contributed by atoms with Gasteiger partial charge in [0.1, 0.15) is 17.9 Å². The van der Waals surface area contributed by atoms with Gasteiger partial charge in [-0.05, 0) is 32.6 Å². The maximum atomic E-state index is 12.0. The number of ketones is 1. The molecule has 0 fully saturated rings. The van der Waals surface area contributed by atoms with Gasteiger partial charge in [0.15, 0.2) is 0 Å². The SMILES string of the molecule is CCCC(=O)CCCCCC(=O)N[C@@H](C)C(=O)N[C@H](CCC(=O)O)C(N)=O. The summed E-state index contributed by atoms with van der Waals surface area (Å²) in [5, 5.41) is 13.5. The smallest absolute Gasteiger partial charge is 0.303 e. The Bertz CT molecular complexity index is 535. The third-order valence-corrected chi connectivity index (χ3v) is 3.97. The van der Waals surface area contributed by atoms with E-state index in [1.165, 1.54) is 6.92 Å². The van der Waals surface area contributed by atoms with E-state index < -0.39 is 29.9 Å². The van der Waals surface area contributed by atoms with Crippen molar-refractivity contribution in [2.75, 3.05) is 0 Å². The van der Waals surface area contributed by atoms with Crippen LogP contribution in [-0.2, 0) is 24.0 Å². The molecule has 154 valence electrons. The van der Waals surface area contributed by atoms with Crippen LogP contribution in [-0.4, -0.2) is 46.7 Å². The van der Waals surface area contributed by atoms with Gasteiger partial charge >= 0.3 is 5.97 Å². The highest BCUT2D eigenvalue weighted by Crippen LogP contribution is 2.06. The first-order valence-electron chi connectivity index (χ1n) is 9.29. The number of carbonyl (C=O) groups excluding carboxylic acids is 4. The van der Waals surface area contributed by atoms with E-state index in [0.29, 0.717) is 19.3 Å². The Morgan fingerprint density at radius 3 is 2.11 bits per heavy atom. The lowest BCUT2D eigenvalue weighted by Gasteiger charge is -2.19. The molecule has 0 aromatic heterocycles. The van der Waals surface area contributed by atoms with Crippen LogP contribution in [0.4, 0.5) is 0 Å². The summed E-state index contributed by atoms with van der Waals surface area (Å²) in [5.41, 5.74) is 5.15. The first kappa shape index (κ1) is 24.6. The number of nitrogens with one attached hydrogen (secondary N) is 2. The lowest BCUT2D eigenvalue weighted by molar-refractivity contribution is -0.137. The van der Waals surface area contributed by atoms with Crippen LogP contribution in [0.25, 0.3) is 0 Å². The number of carboxylic acids is 1. The molecule has 5 N–H and O–H groups in total. The van der Waals surface area contributed by atoms with E-state index in [0.717, 1.165) is 19.3 Å². The summed E-state index contributed by atoms with van der Waals surface area (Å²) >= 11 is 0. The van der Waals surface area contributed by atoms with Crippen molar-refractivity contribution in [1.82, 2.24) is 10.6 Å². The molecule has 0 unspecified atom stereocenters. The number of carbonyl (C=O) groups is 5. The largest absolute Gasteiger partial charge is 0.481 e. The number of aliphatic carboxylic acids is 1. The van der Waals surface area contributed by atoms with E-state index in [9.17, 15) is 24.0 Å². The maximum absolute atomic E-state index is 12.0. The summed E-state index contributed by atoms with van der Waals surface area (Å²) in [6.07, 6.45) is 3.87. The van der Waals surface area contributed by atoms with Crippen molar-refractivity contribution in [1.29, 1.82) is 0 Å². The van der Waals surface area contributed by atoms with Crippen molar-refractivity contribution in [2.24, 2.45) is 5.73 Å². The molecule has 0 heterocycles. The molecule has 0 aliphatic carbocycles. The Morgan fingerprint density at radius 1 is 0.926 bits per heavy atom. The molecule has 27 heavy (non-hydrogen) atoms. The molecule has 0 rings (SSSR count). The Kier molecular flexibility index (Phi) is 12.5. The normalized spacial score (nSPS) is 12.7. The van der Waals surface area contributed by atoms with Gasteiger partial charge in [-0.25, -0.2) is 0 Å². The topological polar surface area (TPSA) is 156 Å². The first-order valence-corrected chi connectivity index (χ1v) is 9.29. The van der Waals surface area contributed by atoms with Crippen LogP contribution in [0.3, 0.4) is 0 Å². The second-order valence-electron chi connectivity index (χ2n) is 6.53. The predicted molar refractivity (Wildman–Crippen MR) is 98.6 cm³/mol. The van der Waals surface area contributed by atoms with Gasteiger partial charge in [0.05, 0.1) is 0 Å². The van der Waals surface area contributed by atoms with E-state index in [1.807, 2.05) is 6.92 Å². The summed E-state index contributed by atoms with van der Waals surface area (Å²) in [4.78, 5) is 57.1. The fraction of sp³-hybridized carbons (Fsp3) is 0.722. The highest BCUT2D eigenvalue weighted by atomic mass is 16.4. The lowest BCUT2D eigenvalue weighted by Crippen LogP contribution is -2.51. The quantitative estimate of drug-likeness (QED) is 0.303. The Balaban J connectivity index is 4.14. The molecule has 3 amide bonds. The van der Waals surface area contributed by atoms with Crippen molar-refractivity contribution in [3.8, 4) is 0 Å². The molecular weight excluding hydrogens is 354 g/mol. The molecule has 2 atom stereocenters. The van der Waals surface area contributed by atoms with Crippen molar-refractivity contribution in [3.63, 3.8) is 0 Å². The Hall–Kier alpha value is -2.45. The number of rotatable bonds is 15. The van der Waals surface area contributed by atoms with Crippen molar-refractivity contribution < 1.29 is 29.1 Å². The predicted octanol–water partition coefficient (Wildman–Crippen LogP) is 0.646. The van der Waals surface area contributed by atoms with Crippen LogP contribution >= 0.6 is 0 Å². The van der Waals surface area contributed by atoms with Crippen LogP contribution in [0.15, 0.2) is 0 Å². The summed E-state index contributed by atoms with van der Waals surface area (Å²) < 4.78 is 0. The zero-order valence-electron chi connectivity index (χ0n) is 16.1. The van der Waals surface area contributed by atoms with Gasteiger partial charge in [-0.2, -0.15) is 0 Å². The van der Waals surface area contributed by atoms with Crippen molar-refractivity contribution >= 4 is 29.5 Å². The van der Waals surface area contributed by atoms with E-state index in [-0.39, 0.29) is 31.0 Å². The van der Waals surface area contributed by atoms with Gasteiger partial charge in [0.2, 0.25) is 17.7 Å². The van der Waals surface area contributed by atoms with Crippen molar-refractivity contribution in [3.05, 3.63) is 0 Å². The Labute approximate surface area is 159 Å². The molecule has 0 spiro atoms. The van der Waals surface area contributed by atoms with Crippen molar-refractivity contribution in [2.45, 2.75) is 83.7 Å². The van der Waals surface area contributed by atoms with Gasteiger partial charge in [-0.15, -0.1) is 0 Å². The van der Waals surface area contributed by atoms with Gasteiger partial charge in [-0.1, -0.05) is 13.3 Å². The lowest BCUT2D eigenvalue weighted by atomic mass is 10.1. The minimum atomic E-state index is -1.10. The number of amides is 3. The molecule has 9 nitrogen and oxygen atoms in total. The van der Waals surface area contributed by atoms with E-state index in [4.69, 9.17) is 10.8 Å². The third kappa shape index (κ3) is 12.5. The van der Waals surface area contributed by atoms with Gasteiger partial charge in [0, 0.05) is 25.7 Å². The van der Waals surface area contributed by atoms with Crippen LogP contribution in [0, 0.1) is 0 Å². The minimum Gasteiger partial charge on any atom is -0.481 e. The second kappa shape index (κ2) is 13.7. The summed E-state index contributed by atoms with van der Waals surface area (Å²) in [6.45, 7) is 3.42. The van der Waals surface area contributed by atoms with Gasteiger partial charge in [0.25, 0.3) is 0 Å². The number of primary amides is 1. The summed E-state index contributed by atoms with van der Waals surface area (Å²) in [5.74, 6) is -2.62. The zero-order valence-corrected chi connectivity index (χ0v) is 16.1. The molecule has 0 radical (unpaired) electrons. The zero-order chi connectivity index (χ0) is 20.8. The molecule has 0 saturated carbocycles. The van der Waals surface area contributed by atoms with Crippen LogP contribution in [0.5, 0.6) is 0 Å². The molecule has 9 heteroatoms. The fourth-order valence-electron chi connectivity index (χ4n) is 2.42. The third-order valence-electron chi connectivity index (χ3n) is 3.97. The molecule has 0 bridgehead atoms. The molecule has 0 aliphatic rings. The molecule has 0 aliphatic heterocycles. The highest BCUT2D eigenvalue weighted by Gasteiger charge is 2.23. The molecule has 0 saturated heterocycles. The summed E-state index contributed by atoms with van der Waals surface area (Å²) in [7, 11) is 0. The minimum absolute atomic E-state index is 0.117. The van der Waals surface area contributed by atoms with E-state index in [2.05, 4.69) is 10.6 Å². The maximum Gasteiger partial charge on any atom is 0.303 e. The molecule has 0 aromatic carbocycles. The van der Waals surface area contributed by atoms with Crippen LogP contribution < -0.4 is 16.4 Å². The number of hydrogen-bond acceptors (Lipinski definition) is 5. The number of carboxylic acid groups (broad SMARTS) is 1. The Morgan fingerprint density at radius 2 is 1.56 bits per heavy atom. The van der Waals surface area contributed by atoms with E-state index in [1.54, 1.807) is 0 Å². The van der Waals surface area contributed by atoms with Gasteiger partial charge in [-0.3, -0.25) is 24.0 Å². The van der Waals surface area contributed by atoms with E-state index >= 15 is 0 Å². The number of nitrogens with two attached hydrogens (primary N) is 1. The average Bonchev–Trinajstić information content (AvgIpc) is 2.57. The first-order chi connectivity index (χ1) is 12.7. The highest BCUT2D eigenvalue weighted by molar-refractivity contribution is 5.91. The molecular formula is C18H31N3O6. The summed E-state index contributed by atoms with van der Waals surface area (Å²) in [6, 6.07) is -1.98. The number of unbranched alkanes of at least 4 members (excludes halogenated alkanes) is 2. The molecule has 0 aromatic rings. The second-order valence-corrected chi connectivity index (χ2v) is 6.53. The fourth-order valence-corrected chi connectivity index (χ4v) is 2.42. The van der Waals surface area contributed by atoms with Crippen LogP contribution in [0.1, 0.15) is 71.6 Å². The van der Waals surface area contributed by atoms with Crippen LogP contribution in [0.2, 0.25) is 0 Å². The number of Topliss-reactive ketones (excluding diaryl/α,β-unsaturated/α-hetero) is 1. The average molecular weight is 385 g/mol.